The van der Waals surface area contributed by atoms with Gasteiger partial charge in [0.05, 0.1) is 0 Å². The molecule has 2 heterocycles. The molecule has 0 radical (unpaired) electrons. The van der Waals surface area contributed by atoms with Gasteiger partial charge >= 0.3 is 0 Å². The van der Waals surface area contributed by atoms with E-state index in [1.54, 1.807) is 0 Å². The van der Waals surface area contributed by atoms with Gasteiger partial charge in [0.1, 0.15) is 4.64 Å². The Morgan fingerprint density at radius 2 is 2.30 bits per heavy atom. The van der Waals surface area contributed by atoms with Gasteiger partial charge in [-0.15, -0.1) is 0 Å². The summed E-state index contributed by atoms with van der Waals surface area (Å²) >= 11 is 5.10. The van der Waals surface area contributed by atoms with Crippen LogP contribution < -0.4 is 0 Å². The molecule has 0 bridgehead atoms. The minimum Gasteiger partial charge on any atom is -0.329 e. The molecule has 0 fully saturated rings. The van der Waals surface area contributed by atoms with E-state index in [0.717, 1.165) is 11.2 Å². The Balaban J connectivity index is 2.77. The summed E-state index contributed by atoms with van der Waals surface area (Å²) in [6.45, 7) is 0.939. The van der Waals surface area contributed by atoms with E-state index in [-0.39, 0.29) is 0 Å². The average Bonchev–Trinajstić information content (AvgIpc) is 2.36. The Kier molecular flexibility index (Phi) is 1.21. The van der Waals surface area contributed by atoms with Crippen LogP contribution in [0.4, 0.5) is 0 Å². The van der Waals surface area contributed by atoms with E-state index in [2.05, 4.69) is 22.8 Å². The van der Waals surface area contributed by atoms with Crippen LogP contribution in [-0.4, -0.2) is 4.57 Å². The van der Waals surface area contributed by atoms with Crippen LogP contribution >= 0.6 is 12.2 Å². The minimum atomic E-state index is 0.919. The van der Waals surface area contributed by atoms with Gasteiger partial charge in [0, 0.05) is 12.2 Å². The molecule has 1 aromatic heterocycles. The van der Waals surface area contributed by atoms with E-state index >= 15 is 0 Å². The van der Waals surface area contributed by atoms with Gasteiger partial charge < -0.3 is 4.57 Å². The number of allylic oxidation sites excluding steroid dienone is 1. The average molecular weight is 149 g/mol. The molecule has 2 rings (SSSR count). The molecule has 0 saturated heterocycles. The Hall–Kier alpha value is -0.890. The molecule has 1 aromatic rings. The molecule has 0 aliphatic carbocycles. The minimum absolute atomic E-state index is 0.919. The van der Waals surface area contributed by atoms with E-state index in [9.17, 15) is 0 Å². The highest BCUT2D eigenvalue weighted by Gasteiger charge is 2.00. The Morgan fingerprint density at radius 1 is 1.40 bits per heavy atom. The molecule has 50 valence electrons. The number of rotatable bonds is 0. The first kappa shape index (κ1) is 5.86. The summed E-state index contributed by atoms with van der Waals surface area (Å²) in [6, 6.07) is 6.01. The second-order valence-electron chi connectivity index (χ2n) is 2.30. The van der Waals surface area contributed by atoms with Crippen molar-refractivity contribution >= 4 is 18.3 Å². The van der Waals surface area contributed by atoms with Crippen LogP contribution in [0.25, 0.3) is 6.08 Å². The second-order valence-corrected chi connectivity index (χ2v) is 2.72. The fraction of sp³-hybridized carbons (Fsp3) is 0.125. The molecule has 0 atom stereocenters. The SMILES string of the molecule is S=c1cccc2n1CC=C2. The smallest absolute Gasteiger partial charge is 0.106 e. The fourth-order valence-electron chi connectivity index (χ4n) is 1.16. The van der Waals surface area contributed by atoms with Crippen molar-refractivity contribution in [2.24, 2.45) is 0 Å². The van der Waals surface area contributed by atoms with Crippen molar-refractivity contribution in [3.8, 4) is 0 Å². The van der Waals surface area contributed by atoms with Gasteiger partial charge in [0.2, 0.25) is 0 Å². The van der Waals surface area contributed by atoms with E-state index in [1.165, 1.54) is 5.69 Å². The number of fused-ring (bicyclic) bond motifs is 1. The predicted octanol–water partition coefficient (Wildman–Crippen LogP) is 2.24. The zero-order valence-corrected chi connectivity index (χ0v) is 6.27. The monoisotopic (exact) mass is 149 g/mol. The maximum absolute atomic E-state index is 5.10. The Morgan fingerprint density at radius 3 is 3.10 bits per heavy atom. The molecule has 0 aromatic carbocycles. The molecule has 1 nitrogen and oxygen atoms in total. The number of hydrogen-bond acceptors (Lipinski definition) is 1. The quantitative estimate of drug-likeness (QED) is 0.512. The highest BCUT2D eigenvalue weighted by molar-refractivity contribution is 7.71. The van der Waals surface area contributed by atoms with Crippen LogP contribution in [0, 0.1) is 4.64 Å². The molecule has 1 aliphatic rings. The largest absolute Gasteiger partial charge is 0.329 e. The van der Waals surface area contributed by atoms with Crippen LogP contribution in [0.15, 0.2) is 24.3 Å². The Bertz CT molecular complexity index is 335. The number of pyridine rings is 1. The standard InChI is InChI=1S/C8H7NS/c10-8-5-1-3-7-4-2-6-9(7)8/h1-5H,6H2. The molecule has 10 heavy (non-hydrogen) atoms. The highest BCUT2D eigenvalue weighted by atomic mass is 32.1. The van der Waals surface area contributed by atoms with Crippen molar-refractivity contribution in [3.05, 3.63) is 34.6 Å². The van der Waals surface area contributed by atoms with Crippen LogP contribution in [0.1, 0.15) is 5.69 Å². The summed E-state index contributed by atoms with van der Waals surface area (Å²) in [5, 5.41) is 0. The molecule has 0 amide bonds. The summed E-state index contributed by atoms with van der Waals surface area (Å²) in [7, 11) is 0. The first-order chi connectivity index (χ1) is 4.88. The molecule has 1 aliphatic heterocycles. The normalized spacial score (nSPS) is 13.6. The summed E-state index contributed by atoms with van der Waals surface area (Å²) in [4.78, 5) is 0. The molecule has 2 heteroatoms. The Labute approximate surface area is 64.6 Å². The lowest BCUT2D eigenvalue weighted by Crippen LogP contribution is -1.96. The molecular formula is C8H7NS. The highest BCUT2D eigenvalue weighted by Crippen LogP contribution is 2.11. The van der Waals surface area contributed by atoms with Crippen molar-refractivity contribution < 1.29 is 0 Å². The molecule has 0 spiro atoms. The third-order valence-corrected chi connectivity index (χ3v) is 2.02. The maximum Gasteiger partial charge on any atom is 0.106 e. The summed E-state index contributed by atoms with van der Waals surface area (Å²) in [6.07, 6.45) is 4.21. The van der Waals surface area contributed by atoms with Crippen LogP contribution in [0.5, 0.6) is 0 Å². The number of hydrogen-bond donors (Lipinski definition) is 0. The topological polar surface area (TPSA) is 4.93 Å². The van der Waals surface area contributed by atoms with Gasteiger partial charge in [-0.05, 0) is 18.2 Å². The van der Waals surface area contributed by atoms with Gasteiger partial charge in [-0.1, -0.05) is 24.4 Å². The van der Waals surface area contributed by atoms with Gasteiger partial charge in [0.15, 0.2) is 0 Å². The lowest BCUT2D eigenvalue weighted by molar-refractivity contribution is 0.816. The van der Waals surface area contributed by atoms with E-state index in [4.69, 9.17) is 12.2 Å². The summed E-state index contributed by atoms with van der Waals surface area (Å²) in [5.41, 5.74) is 1.22. The lowest BCUT2D eigenvalue weighted by atomic mass is 10.3. The van der Waals surface area contributed by atoms with Gasteiger partial charge in [-0.3, -0.25) is 0 Å². The molecule has 0 N–H and O–H groups in total. The maximum atomic E-state index is 5.10. The van der Waals surface area contributed by atoms with Crippen molar-refractivity contribution in [2.45, 2.75) is 6.54 Å². The lowest BCUT2D eigenvalue weighted by Gasteiger charge is -2.00. The van der Waals surface area contributed by atoms with E-state index < -0.39 is 0 Å². The third-order valence-electron chi connectivity index (χ3n) is 1.66. The van der Waals surface area contributed by atoms with Crippen LogP contribution in [-0.2, 0) is 6.54 Å². The zero-order valence-electron chi connectivity index (χ0n) is 5.45. The number of aromatic nitrogens is 1. The number of nitrogens with zero attached hydrogens (tertiary/aromatic N) is 1. The third kappa shape index (κ3) is 0.727. The van der Waals surface area contributed by atoms with E-state index in [0.29, 0.717) is 0 Å². The summed E-state index contributed by atoms with van der Waals surface area (Å²) in [5.74, 6) is 0. The van der Waals surface area contributed by atoms with Gasteiger partial charge in [0.25, 0.3) is 0 Å². The van der Waals surface area contributed by atoms with Crippen molar-refractivity contribution in [3.63, 3.8) is 0 Å². The zero-order chi connectivity index (χ0) is 6.97. The van der Waals surface area contributed by atoms with Crippen molar-refractivity contribution in [1.29, 1.82) is 0 Å². The molecular weight excluding hydrogens is 142 g/mol. The van der Waals surface area contributed by atoms with E-state index in [1.807, 2.05) is 12.1 Å². The van der Waals surface area contributed by atoms with Crippen molar-refractivity contribution in [1.82, 2.24) is 4.57 Å². The molecule has 0 unspecified atom stereocenters. The molecule has 0 saturated carbocycles. The fourth-order valence-corrected chi connectivity index (χ4v) is 1.41. The van der Waals surface area contributed by atoms with Crippen LogP contribution in [0.3, 0.4) is 0 Å². The second kappa shape index (κ2) is 2.06. The van der Waals surface area contributed by atoms with Gasteiger partial charge in [-0.25, -0.2) is 0 Å². The first-order valence-electron chi connectivity index (χ1n) is 3.24. The summed E-state index contributed by atoms with van der Waals surface area (Å²) < 4.78 is 3.03. The first-order valence-corrected chi connectivity index (χ1v) is 3.65. The van der Waals surface area contributed by atoms with Gasteiger partial charge in [-0.2, -0.15) is 0 Å². The van der Waals surface area contributed by atoms with Crippen molar-refractivity contribution in [2.75, 3.05) is 0 Å². The van der Waals surface area contributed by atoms with Crippen LogP contribution in [0.2, 0.25) is 0 Å². The predicted molar refractivity (Wildman–Crippen MR) is 44.3 cm³/mol.